The Kier molecular flexibility index (Phi) is 6.04. The lowest BCUT2D eigenvalue weighted by molar-refractivity contribution is 0.422. The Morgan fingerprint density at radius 1 is 1.00 bits per heavy atom. The summed E-state index contributed by atoms with van der Waals surface area (Å²) in [4.78, 5) is 4.17. The van der Waals surface area contributed by atoms with E-state index in [1.54, 1.807) is 12.1 Å². The molecule has 0 saturated heterocycles. The summed E-state index contributed by atoms with van der Waals surface area (Å²) in [5.41, 5.74) is 0.883. The van der Waals surface area contributed by atoms with E-state index >= 15 is 0 Å². The molecule has 0 radical (unpaired) electrons. The fourth-order valence-corrected chi connectivity index (χ4v) is 3.32. The summed E-state index contributed by atoms with van der Waals surface area (Å²) in [6.45, 7) is 0. The van der Waals surface area contributed by atoms with Gasteiger partial charge in [0.25, 0.3) is 0 Å². The Morgan fingerprint density at radius 3 is 2.21 bits per heavy atom. The Balaban J connectivity index is 0.00000208. The highest BCUT2D eigenvalue weighted by Gasteiger charge is 2.23. The van der Waals surface area contributed by atoms with Crippen LogP contribution in [-0.4, -0.2) is 34.9 Å². The molecule has 0 atom stereocenters. The van der Waals surface area contributed by atoms with Gasteiger partial charge in [0.15, 0.2) is 0 Å². The lowest BCUT2D eigenvalue weighted by Crippen LogP contribution is -2.35. The quantitative estimate of drug-likeness (QED) is 0.835. The SMILES string of the molecule is CN(c1ccc(F)cc1)c1nnc(N(C)C2CCCCC2)n1C.Cl. The third-order valence-corrected chi connectivity index (χ3v) is 4.78. The van der Waals surface area contributed by atoms with Crippen LogP contribution in [-0.2, 0) is 7.05 Å². The fourth-order valence-electron chi connectivity index (χ4n) is 3.32. The molecule has 1 aromatic heterocycles. The molecular weight excluding hydrogens is 329 g/mol. The third kappa shape index (κ3) is 3.64. The van der Waals surface area contributed by atoms with E-state index in [4.69, 9.17) is 0 Å². The largest absolute Gasteiger partial charge is 0.341 e. The molecular formula is C17H25ClFN5. The molecule has 0 amide bonds. The topological polar surface area (TPSA) is 37.2 Å². The Morgan fingerprint density at radius 2 is 1.58 bits per heavy atom. The lowest BCUT2D eigenvalue weighted by Gasteiger charge is -2.31. The van der Waals surface area contributed by atoms with E-state index in [0.29, 0.717) is 6.04 Å². The van der Waals surface area contributed by atoms with Crippen molar-refractivity contribution < 1.29 is 4.39 Å². The van der Waals surface area contributed by atoms with Crippen LogP contribution in [0.15, 0.2) is 24.3 Å². The maximum Gasteiger partial charge on any atom is 0.232 e. The fraction of sp³-hybridized carbons (Fsp3) is 0.529. The summed E-state index contributed by atoms with van der Waals surface area (Å²) in [5.74, 6) is 1.38. The molecule has 24 heavy (non-hydrogen) atoms. The van der Waals surface area contributed by atoms with Crippen LogP contribution in [0.3, 0.4) is 0 Å². The second-order valence-electron chi connectivity index (χ2n) is 6.30. The van der Waals surface area contributed by atoms with Crippen LogP contribution < -0.4 is 9.80 Å². The smallest absolute Gasteiger partial charge is 0.232 e. The van der Waals surface area contributed by atoms with Crippen molar-refractivity contribution in [2.45, 2.75) is 38.1 Å². The molecule has 1 saturated carbocycles. The molecule has 1 fully saturated rings. The van der Waals surface area contributed by atoms with Crippen molar-refractivity contribution >= 4 is 30.0 Å². The van der Waals surface area contributed by atoms with Crippen LogP contribution in [0.2, 0.25) is 0 Å². The monoisotopic (exact) mass is 353 g/mol. The second kappa shape index (κ2) is 7.83. The molecule has 7 heteroatoms. The van der Waals surface area contributed by atoms with E-state index in [1.165, 1.54) is 44.2 Å². The molecule has 132 valence electrons. The van der Waals surface area contributed by atoms with Crippen molar-refractivity contribution in [3.05, 3.63) is 30.1 Å². The van der Waals surface area contributed by atoms with E-state index in [2.05, 4.69) is 22.1 Å². The molecule has 1 heterocycles. The number of benzene rings is 1. The van der Waals surface area contributed by atoms with E-state index in [-0.39, 0.29) is 18.2 Å². The van der Waals surface area contributed by atoms with Gasteiger partial charge in [-0.3, -0.25) is 4.57 Å². The molecule has 0 aliphatic heterocycles. The Labute approximate surface area is 148 Å². The number of hydrogen-bond acceptors (Lipinski definition) is 4. The van der Waals surface area contributed by atoms with Gasteiger partial charge in [-0.25, -0.2) is 4.39 Å². The normalized spacial score (nSPS) is 15.0. The molecule has 1 aromatic carbocycles. The summed E-state index contributed by atoms with van der Waals surface area (Å²) >= 11 is 0. The zero-order valence-electron chi connectivity index (χ0n) is 14.4. The van der Waals surface area contributed by atoms with Gasteiger partial charge in [-0.15, -0.1) is 22.6 Å². The van der Waals surface area contributed by atoms with Crippen molar-refractivity contribution in [1.29, 1.82) is 0 Å². The number of aromatic nitrogens is 3. The van der Waals surface area contributed by atoms with Gasteiger partial charge in [0, 0.05) is 32.9 Å². The number of halogens is 2. The summed E-state index contributed by atoms with van der Waals surface area (Å²) < 4.78 is 15.1. The number of rotatable bonds is 4. The van der Waals surface area contributed by atoms with Gasteiger partial charge >= 0.3 is 0 Å². The zero-order valence-corrected chi connectivity index (χ0v) is 15.3. The van der Waals surface area contributed by atoms with Gasteiger partial charge in [-0.1, -0.05) is 19.3 Å². The predicted octanol–water partition coefficient (Wildman–Crippen LogP) is 3.91. The minimum Gasteiger partial charge on any atom is -0.341 e. The lowest BCUT2D eigenvalue weighted by atomic mass is 9.95. The van der Waals surface area contributed by atoms with Crippen LogP contribution in [0.1, 0.15) is 32.1 Å². The Bertz CT molecular complexity index is 652. The second-order valence-corrected chi connectivity index (χ2v) is 6.30. The third-order valence-electron chi connectivity index (χ3n) is 4.78. The van der Waals surface area contributed by atoms with E-state index in [9.17, 15) is 4.39 Å². The van der Waals surface area contributed by atoms with Gasteiger partial charge in [0.1, 0.15) is 5.82 Å². The van der Waals surface area contributed by atoms with Crippen molar-refractivity contribution in [2.24, 2.45) is 7.05 Å². The van der Waals surface area contributed by atoms with Gasteiger partial charge in [-0.05, 0) is 37.1 Å². The molecule has 5 nitrogen and oxygen atoms in total. The van der Waals surface area contributed by atoms with Crippen molar-refractivity contribution in [2.75, 3.05) is 23.9 Å². The van der Waals surface area contributed by atoms with Crippen LogP contribution in [0, 0.1) is 5.82 Å². The first-order chi connectivity index (χ1) is 11.1. The van der Waals surface area contributed by atoms with E-state index in [0.717, 1.165) is 17.6 Å². The van der Waals surface area contributed by atoms with Crippen LogP contribution in [0.5, 0.6) is 0 Å². The maximum absolute atomic E-state index is 13.1. The first-order valence-corrected chi connectivity index (χ1v) is 8.19. The summed E-state index contributed by atoms with van der Waals surface area (Å²) in [5, 5.41) is 8.71. The summed E-state index contributed by atoms with van der Waals surface area (Å²) in [6, 6.07) is 6.94. The van der Waals surface area contributed by atoms with Crippen LogP contribution in [0.25, 0.3) is 0 Å². The van der Waals surface area contributed by atoms with Gasteiger partial charge in [-0.2, -0.15) is 0 Å². The molecule has 0 spiro atoms. The molecule has 0 N–H and O–H groups in total. The highest BCUT2D eigenvalue weighted by atomic mass is 35.5. The van der Waals surface area contributed by atoms with Gasteiger partial charge < -0.3 is 9.80 Å². The van der Waals surface area contributed by atoms with E-state index < -0.39 is 0 Å². The van der Waals surface area contributed by atoms with Crippen molar-refractivity contribution in [1.82, 2.24) is 14.8 Å². The molecule has 1 aliphatic carbocycles. The number of nitrogens with zero attached hydrogens (tertiary/aromatic N) is 5. The average molecular weight is 354 g/mol. The van der Waals surface area contributed by atoms with Crippen LogP contribution >= 0.6 is 12.4 Å². The average Bonchev–Trinajstić information content (AvgIpc) is 2.96. The summed E-state index contributed by atoms with van der Waals surface area (Å²) in [6.07, 6.45) is 6.34. The van der Waals surface area contributed by atoms with Gasteiger partial charge in [0.05, 0.1) is 0 Å². The highest BCUT2D eigenvalue weighted by molar-refractivity contribution is 5.85. The first kappa shape index (κ1) is 18.5. The summed E-state index contributed by atoms with van der Waals surface area (Å²) in [7, 11) is 5.99. The van der Waals surface area contributed by atoms with E-state index in [1.807, 2.05) is 23.6 Å². The molecule has 2 aromatic rings. The molecule has 0 unspecified atom stereocenters. The number of anilines is 3. The standard InChI is InChI=1S/C17H24FN5.ClH/c1-21(14-7-5-4-6-8-14)16-19-20-17(23(16)3)22(2)15-11-9-13(18)10-12-15;/h9-12,14H,4-8H2,1-3H3;1H. The van der Waals surface area contributed by atoms with Crippen molar-refractivity contribution in [3.63, 3.8) is 0 Å². The highest BCUT2D eigenvalue weighted by Crippen LogP contribution is 2.28. The number of hydrogen-bond donors (Lipinski definition) is 0. The van der Waals surface area contributed by atoms with Gasteiger partial charge in [0.2, 0.25) is 11.9 Å². The van der Waals surface area contributed by atoms with Crippen molar-refractivity contribution in [3.8, 4) is 0 Å². The Hall–Kier alpha value is -1.82. The maximum atomic E-state index is 13.1. The minimum absolute atomic E-state index is 0. The molecule has 0 bridgehead atoms. The predicted molar refractivity (Wildman–Crippen MR) is 98.0 cm³/mol. The first-order valence-electron chi connectivity index (χ1n) is 8.19. The zero-order chi connectivity index (χ0) is 16.4. The molecule has 3 rings (SSSR count). The minimum atomic E-state index is -0.238. The van der Waals surface area contributed by atoms with Crippen LogP contribution in [0.4, 0.5) is 22.0 Å². The molecule has 1 aliphatic rings.